The van der Waals surface area contributed by atoms with E-state index < -0.39 is 10.0 Å². The lowest BCUT2D eigenvalue weighted by Crippen LogP contribution is -2.15. The first-order valence-corrected chi connectivity index (χ1v) is 8.12. The molecule has 2 aromatic rings. The van der Waals surface area contributed by atoms with E-state index in [0.717, 1.165) is 18.5 Å². The van der Waals surface area contributed by atoms with Crippen LogP contribution in [0.3, 0.4) is 0 Å². The van der Waals surface area contributed by atoms with Crippen molar-refractivity contribution in [2.45, 2.75) is 31.7 Å². The number of anilines is 1. The van der Waals surface area contributed by atoms with Crippen LogP contribution in [0.15, 0.2) is 33.7 Å². The molecule has 0 spiro atoms. The summed E-state index contributed by atoms with van der Waals surface area (Å²) in [6, 6.07) is 6.51. The summed E-state index contributed by atoms with van der Waals surface area (Å²) in [5.41, 5.74) is 1.02. The number of aromatic nitrogens is 2. The van der Waals surface area contributed by atoms with Gasteiger partial charge in [-0.15, -0.1) is 0 Å². The molecule has 0 fully saturated rings. The minimum Gasteiger partial charge on any atom is -0.314 e. The first-order valence-electron chi connectivity index (χ1n) is 6.64. The van der Waals surface area contributed by atoms with Gasteiger partial charge in [0.05, 0.1) is 4.90 Å². The third-order valence-electron chi connectivity index (χ3n) is 2.74. The molecular weight excluding hydrogens is 292 g/mol. The molecule has 1 aromatic carbocycles. The molecule has 0 aliphatic carbocycles. The Bertz CT molecular complexity index is 680. The number of hydrogen-bond acceptors (Lipinski definition) is 6. The Morgan fingerprint density at radius 2 is 1.95 bits per heavy atom. The van der Waals surface area contributed by atoms with E-state index in [9.17, 15) is 8.42 Å². The molecule has 2 N–H and O–H groups in total. The SMILES string of the molecule is CCCNCc1ccc(S(=O)(=O)Nc2nc(C)no2)cc1. The third kappa shape index (κ3) is 4.27. The van der Waals surface area contributed by atoms with Gasteiger partial charge in [-0.05, 0) is 37.6 Å². The van der Waals surface area contributed by atoms with Crippen molar-refractivity contribution in [3.8, 4) is 0 Å². The molecule has 0 radical (unpaired) electrons. The molecule has 1 aromatic heterocycles. The van der Waals surface area contributed by atoms with Crippen molar-refractivity contribution < 1.29 is 12.9 Å². The number of aryl methyl sites for hydroxylation is 1. The first-order chi connectivity index (χ1) is 10.0. The molecule has 8 heteroatoms. The molecule has 0 aliphatic heterocycles. The molecule has 0 bridgehead atoms. The third-order valence-corrected chi connectivity index (χ3v) is 4.07. The number of nitrogens with zero attached hydrogens (tertiary/aromatic N) is 2. The Labute approximate surface area is 123 Å². The van der Waals surface area contributed by atoms with E-state index in [1.54, 1.807) is 31.2 Å². The van der Waals surface area contributed by atoms with Gasteiger partial charge in [0.25, 0.3) is 10.0 Å². The second-order valence-corrected chi connectivity index (χ2v) is 6.26. The fourth-order valence-corrected chi connectivity index (χ4v) is 2.63. The van der Waals surface area contributed by atoms with Crippen LogP contribution >= 0.6 is 0 Å². The zero-order valence-corrected chi connectivity index (χ0v) is 12.8. The van der Waals surface area contributed by atoms with E-state index in [1.807, 2.05) is 0 Å². The number of rotatable bonds is 7. The van der Waals surface area contributed by atoms with Crippen molar-refractivity contribution in [1.29, 1.82) is 0 Å². The van der Waals surface area contributed by atoms with Crippen LogP contribution in [-0.2, 0) is 16.6 Å². The zero-order chi connectivity index (χ0) is 15.3. The Morgan fingerprint density at radius 1 is 1.24 bits per heavy atom. The van der Waals surface area contributed by atoms with Crippen LogP contribution in [0.25, 0.3) is 0 Å². The highest BCUT2D eigenvalue weighted by molar-refractivity contribution is 7.92. The van der Waals surface area contributed by atoms with Crippen LogP contribution < -0.4 is 10.0 Å². The summed E-state index contributed by atoms with van der Waals surface area (Å²) in [6.07, 6.45) is 1.06. The van der Waals surface area contributed by atoms with Gasteiger partial charge >= 0.3 is 6.01 Å². The minimum atomic E-state index is -3.71. The van der Waals surface area contributed by atoms with Gasteiger partial charge in [-0.2, -0.15) is 4.98 Å². The second kappa shape index (κ2) is 6.68. The summed E-state index contributed by atoms with van der Waals surface area (Å²) < 4.78 is 31.2. The highest BCUT2D eigenvalue weighted by Gasteiger charge is 2.17. The van der Waals surface area contributed by atoms with Crippen LogP contribution in [0.1, 0.15) is 24.7 Å². The fraction of sp³-hybridized carbons (Fsp3) is 0.385. The van der Waals surface area contributed by atoms with E-state index in [0.29, 0.717) is 12.4 Å². The van der Waals surface area contributed by atoms with Crippen molar-refractivity contribution in [3.63, 3.8) is 0 Å². The molecule has 1 heterocycles. The van der Waals surface area contributed by atoms with Crippen molar-refractivity contribution >= 4 is 16.0 Å². The lowest BCUT2D eigenvalue weighted by molar-refractivity contribution is 0.429. The Hall–Kier alpha value is -1.93. The van der Waals surface area contributed by atoms with Crippen LogP contribution in [-0.4, -0.2) is 25.1 Å². The maximum absolute atomic E-state index is 12.1. The lowest BCUT2D eigenvalue weighted by atomic mass is 10.2. The van der Waals surface area contributed by atoms with Gasteiger partial charge in [0.15, 0.2) is 5.82 Å². The molecule has 0 atom stereocenters. The van der Waals surface area contributed by atoms with Gasteiger partial charge in [0.1, 0.15) is 0 Å². The summed E-state index contributed by atoms with van der Waals surface area (Å²) in [5.74, 6) is 0.366. The van der Waals surface area contributed by atoms with Crippen molar-refractivity contribution in [2.75, 3.05) is 11.3 Å². The predicted molar refractivity (Wildman–Crippen MR) is 78.3 cm³/mol. The molecule has 114 valence electrons. The van der Waals surface area contributed by atoms with Gasteiger partial charge < -0.3 is 9.84 Å². The monoisotopic (exact) mass is 310 g/mol. The van der Waals surface area contributed by atoms with E-state index in [-0.39, 0.29) is 10.9 Å². The van der Waals surface area contributed by atoms with Gasteiger partial charge in [-0.1, -0.05) is 24.2 Å². The van der Waals surface area contributed by atoms with E-state index in [1.165, 1.54) is 0 Å². The molecule has 2 rings (SSSR count). The van der Waals surface area contributed by atoms with E-state index >= 15 is 0 Å². The summed E-state index contributed by atoms with van der Waals surface area (Å²) >= 11 is 0. The Morgan fingerprint density at radius 3 is 2.52 bits per heavy atom. The number of hydrogen-bond donors (Lipinski definition) is 2. The molecule has 0 saturated heterocycles. The highest BCUT2D eigenvalue weighted by atomic mass is 32.2. The largest absolute Gasteiger partial charge is 0.335 e. The zero-order valence-electron chi connectivity index (χ0n) is 12.0. The smallest absolute Gasteiger partial charge is 0.314 e. The van der Waals surface area contributed by atoms with Gasteiger partial charge in [-0.3, -0.25) is 0 Å². The lowest BCUT2D eigenvalue weighted by Gasteiger charge is -2.06. The Balaban J connectivity index is 2.06. The molecular formula is C13H18N4O3S. The van der Waals surface area contributed by atoms with Crippen LogP contribution in [0.2, 0.25) is 0 Å². The summed E-state index contributed by atoms with van der Waals surface area (Å²) in [4.78, 5) is 3.96. The van der Waals surface area contributed by atoms with Gasteiger partial charge in [0.2, 0.25) is 0 Å². The van der Waals surface area contributed by atoms with Crippen molar-refractivity contribution in [1.82, 2.24) is 15.5 Å². The molecule has 0 amide bonds. The fourth-order valence-electron chi connectivity index (χ4n) is 1.71. The Kier molecular flexibility index (Phi) is 4.92. The number of benzene rings is 1. The molecule has 0 saturated carbocycles. The van der Waals surface area contributed by atoms with Gasteiger partial charge in [0, 0.05) is 6.54 Å². The summed E-state index contributed by atoms with van der Waals surface area (Å²) in [5, 5.41) is 6.78. The van der Waals surface area contributed by atoms with E-state index in [2.05, 4.69) is 27.1 Å². The molecule has 0 aliphatic rings. The average Bonchev–Trinajstić information content (AvgIpc) is 2.84. The van der Waals surface area contributed by atoms with Crippen molar-refractivity contribution in [3.05, 3.63) is 35.7 Å². The maximum Gasteiger partial charge on any atom is 0.335 e. The summed E-state index contributed by atoms with van der Waals surface area (Å²) in [7, 11) is -3.71. The number of sulfonamides is 1. The summed E-state index contributed by atoms with van der Waals surface area (Å²) in [6.45, 7) is 5.34. The van der Waals surface area contributed by atoms with Crippen LogP contribution in [0.5, 0.6) is 0 Å². The molecule has 0 unspecified atom stereocenters. The van der Waals surface area contributed by atoms with Crippen molar-refractivity contribution in [2.24, 2.45) is 0 Å². The maximum atomic E-state index is 12.1. The predicted octanol–water partition coefficient (Wildman–Crippen LogP) is 1.68. The molecule has 21 heavy (non-hydrogen) atoms. The first kappa shape index (κ1) is 15.5. The van der Waals surface area contributed by atoms with E-state index in [4.69, 9.17) is 4.52 Å². The average molecular weight is 310 g/mol. The second-order valence-electron chi connectivity index (χ2n) is 4.57. The normalized spacial score (nSPS) is 11.5. The highest BCUT2D eigenvalue weighted by Crippen LogP contribution is 2.15. The quantitative estimate of drug-likeness (QED) is 0.755. The standard InChI is InChI=1S/C13H18N4O3S/c1-3-8-14-9-11-4-6-12(7-5-11)21(18,19)17-13-15-10(2)16-20-13/h4-7,14H,3,8-9H2,1-2H3,(H,15,16,17). The van der Waals surface area contributed by atoms with Gasteiger partial charge in [-0.25, -0.2) is 13.1 Å². The molecule has 7 nitrogen and oxygen atoms in total. The topological polar surface area (TPSA) is 97.1 Å². The number of nitrogens with one attached hydrogen (secondary N) is 2. The minimum absolute atomic E-state index is 0.138. The van der Waals surface area contributed by atoms with Crippen LogP contribution in [0, 0.1) is 6.92 Å². The van der Waals surface area contributed by atoms with Crippen LogP contribution in [0.4, 0.5) is 6.01 Å².